The molecule has 0 saturated carbocycles. The van der Waals surface area contributed by atoms with Gasteiger partial charge < -0.3 is 15.0 Å². The molecule has 0 radical (unpaired) electrons. The van der Waals surface area contributed by atoms with Gasteiger partial charge in [-0.25, -0.2) is 4.39 Å². The van der Waals surface area contributed by atoms with Gasteiger partial charge in [-0.2, -0.15) is 0 Å². The topological polar surface area (TPSA) is 58.6 Å². The van der Waals surface area contributed by atoms with Crippen molar-refractivity contribution in [3.05, 3.63) is 66.0 Å². The highest BCUT2D eigenvalue weighted by atomic mass is 19.1. The van der Waals surface area contributed by atoms with Gasteiger partial charge in [0.05, 0.1) is 0 Å². The lowest BCUT2D eigenvalue weighted by molar-refractivity contribution is -0.142. The zero-order valence-corrected chi connectivity index (χ0v) is 16.7. The highest BCUT2D eigenvalue weighted by Crippen LogP contribution is 2.15. The smallest absolute Gasteiger partial charge is 0.261 e. The van der Waals surface area contributed by atoms with Crippen molar-refractivity contribution in [1.29, 1.82) is 0 Å². The molecule has 0 aromatic heterocycles. The van der Waals surface area contributed by atoms with Gasteiger partial charge in [0.15, 0.2) is 6.61 Å². The van der Waals surface area contributed by atoms with E-state index in [-0.39, 0.29) is 19.1 Å². The highest BCUT2D eigenvalue weighted by Gasteiger charge is 2.29. The third kappa shape index (κ3) is 6.37. The number of rotatable bonds is 7. The summed E-state index contributed by atoms with van der Waals surface area (Å²) in [6.07, 6.45) is 0. The summed E-state index contributed by atoms with van der Waals surface area (Å²) in [5.74, 6) is -0.582. The van der Waals surface area contributed by atoms with Gasteiger partial charge in [0, 0.05) is 17.6 Å². The fraction of sp³-hybridized carbons (Fsp3) is 0.364. The summed E-state index contributed by atoms with van der Waals surface area (Å²) in [6, 6.07) is 14.4. The minimum Gasteiger partial charge on any atom is -0.484 e. The standard InChI is InChI=1S/C22H27FN2O3/c1-16(21(27)24-22(2,3)4)25(14-17-10-8-9-13-19(17)23)20(26)15-28-18-11-6-5-7-12-18/h5-13,16H,14-15H2,1-4H3,(H,24,27)/t16-/m0/s1. The van der Waals surface area contributed by atoms with Gasteiger partial charge in [-0.1, -0.05) is 36.4 Å². The van der Waals surface area contributed by atoms with Crippen molar-refractivity contribution >= 4 is 11.8 Å². The lowest BCUT2D eigenvalue weighted by atomic mass is 10.1. The maximum absolute atomic E-state index is 14.1. The van der Waals surface area contributed by atoms with Gasteiger partial charge in [0.25, 0.3) is 5.91 Å². The van der Waals surface area contributed by atoms with Gasteiger partial charge in [-0.3, -0.25) is 9.59 Å². The third-order valence-electron chi connectivity index (χ3n) is 4.07. The van der Waals surface area contributed by atoms with E-state index in [1.165, 1.54) is 11.0 Å². The second kappa shape index (κ2) is 9.35. The van der Waals surface area contributed by atoms with Crippen LogP contribution in [0.1, 0.15) is 33.3 Å². The monoisotopic (exact) mass is 386 g/mol. The van der Waals surface area contributed by atoms with Crippen molar-refractivity contribution < 1.29 is 18.7 Å². The van der Waals surface area contributed by atoms with E-state index in [4.69, 9.17) is 4.74 Å². The van der Waals surface area contributed by atoms with Gasteiger partial charge in [0.1, 0.15) is 17.6 Å². The summed E-state index contributed by atoms with van der Waals surface area (Å²) in [7, 11) is 0. The molecule has 6 heteroatoms. The van der Waals surface area contributed by atoms with E-state index >= 15 is 0 Å². The van der Waals surface area contributed by atoms with Crippen molar-refractivity contribution in [2.24, 2.45) is 0 Å². The normalized spacial score (nSPS) is 12.2. The molecule has 0 heterocycles. The van der Waals surface area contributed by atoms with E-state index in [0.29, 0.717) is 11.3 Å². The molecule has 2 amide bonds. The molecule has 1 N–H and O–H groups in total. The molecule has 2 aromatic carbocycles. The van der Waals surface area contributed by atoms with Crippen molar-refractivity contribution in [2.75, 3.05) is 6.61 Å². The van der Waals surface area contributed by atoms with Crippen LogP contribution in [0.5, 0.6) is 5.75 Å². The predicted molar refractivity (Wildman–Crippen MR) is 106 cm³/mol. The molecular weight excluding hydrogens is 359 g/mol. The Morgan fingerprint density at radius 3 is 2.29 bits per heavy atom. The van der Waals surface area contributed by atoms with Crippen LogP contribution < -0.4 is 10.1 Å². The first-order valence-electron chi connectivity index (χ1n) is 9.20. The van der Waals surface area contributed by atoms with Crippen LogP contribution in [0.25, 0.3) is 0 Å². The fourth-order valence-corrected chi connectivity index (χ4v) is 2.61. The van der Waals surface area contributed by atoms with E-state index in [9.17, 15) is 14.0 Å². The molecule has 150 valence electrons. The number of para-hydroxylation sites is 1. The van der Waals surface area contributed by atoms with Gasteiger partial charge in [-0.15, -0.1) is 0 Å². The molecule has 0 unspecified atom stereocenters. The van der Waals surface area contributed by atoms with Crippen molar-refractivity contribution in [2.45, 2.75) is 45.8 Å². The molecule has 2 aromatic rings. The minimum atomic E-state index is -0.786. The van der Waals surface area contributed by atoms with Crippen LogP contribution in [0.2, 0.25) is 0 Å². The van der Waals surface area contributed by atoms with E-state index in [2.05, 4.69) is 5.32 Å². The second-order valence-electron chi connectivity index (χ2n) is 7.63. The number of hydrogen-bond donors (Lipinski definition) is 1. The Kier molecular flexibility index (Phi) is 7.15. The number of ether oxygens (including phenoxy) is 1. The summed E-state index contributed by atoms with van der Waals surface area (Å²) in [4.78, 5) is 26.8. The van der Waals surface area contributed by atoms with E-state index < -0.39 is 23.3 Å². The largest absolute Gasteiger partial charge is 0.484 e. The fourth-order valence-electron chi connectivity index (χ4n) is 2.61. The molecule has 5 nitrogen and oxygen atoms in total. The van der Waals surface area contributed by atoms with Crippen molar-refractivity contribution in [1.82, 2.24) is 10.2 Å². The molecular formula is C22H27FN2O3. The van der Waals surface area contributed by atoms with Crippen LogP contribution >= 0.6 is 0 Å². The zero-order chi connectivity index (χ0) is 20.7. The number of nitrogens with zero attached hydrogens (tertiary/aromatic N) is 1. The molecule has 0 aliphatic carbocycles. The van der Waals surface area contributed by atoms with E-state index in [0.717, 1.165) is 0 Å². The molecule has 1 atom stereocenters. The number of carbonyl (C=O) groups excluding carboxylic acids is 2. The molecule has 0 bridgehead atoms. The number of benzene rings is 2. The van der Waals surface area contributed by atoms with Crippen LogP contribution in [0, 0.1) is 5.82 Å². The summed E-state index contributed by atoms with van der Waals surface area (Å²) in [5.41, 5.74) is -0.107. The SMILES string of the molecule is C[C@@H](C(=O)NC(C)(C)C)N(Cc1ccccc1F)C(=O)COc1ccccc1. The summed E-state index contributed by atoms with van der Waals surface area (Å²) >= 11 is 0. The Bertz CT molecular complexity index is 803. The average molecular weight is 386 g/mol. The zero-order valence-electron chi connectivity index (χ0n) is 16.7. The first-order chi connectivity index (χ1) is 13.2. The van der Waals surface area contributed by atoms with E-state index in [1.807, 2.05) is 26.8 Å². The summed E-state index contributed by atoms with van der Waals surface area (Å²) in [5, 5.41) is 2.86. The lowest BCUT2D eigenvalue weighted by Crippen LogP contribution is -2.53. The molecule has 0 saturated heterocycles. The molecule has 28 heavy (non-hydrogen) atoms. The molecule has 0 aliphatic rings. The number of halogens is 1. The average Bonchev–Trinajstić information content (AvgIpc) is 2.64. The van der Waals surface area contributed by atoms with Gasteiger partial charge in [-0.05, 0) is 45.9 Å². The Morgan fingerprint density at radius 1 is 1.07 bits per heavy atom. The highest BCUT2D eigenvalue weighted by molar-refractivity contribution is 5.88. The number of nitrogens with one attached hydrogen (secondary N) is 1. The van der Waals surface area contributed by atoms with Crippen LogP contribution in [0.15, 0.2) is 54.6 Å². The molecule has 0 fully saturated rings. The Morgan fingerprint density at radius 2 is 1.68 bits per heavy atom. The minimum absolute atomic E-state index is 0.0254. The quantitative estimate of drug-likeness (QED) is 0.792. The first kappa shape index (κ1) is 21.4. The Labute approximate surface area is 165 Å². The number of carbonyl (C=O) groups is 2. The van der Waals surface area contributed by atoms with Crippen LogP contribution in [-0.4, -0.2) is 34.9 Å². The maximum Gasteiger partial charge on any atom is 0.261 e. The number of amides is 2. The van der Waals surface area contributed by atoms with Crippen LogP contribution in [0.4, 0.5) is 4.39 Å². The number of hydrogen-bond acceptors (Lipinski definition) is 3. The summed E-state index contributed by atoms with van der Waals surface area (Å²) in [6.45, 7) is 6.94. The van der Waals surface area contributed by atoms with Crippen LogP contribution in [0.3, 0.4) is 0 Å². The predicted octanol–water partition coefficient (Wildman–Crippen LogP) is 3.54. The third-order valence-corrected chi connectivity index (χ3v) is 4.07. The second-order valence-corrected chi connectivity index (χ2v) is 7.63. The Hall–Kier alpha value is -2.89. The first-order valence-corrected chi connectivity index (χ1v) is 9.20. The van der Waals surface area contributed by atoms with Gasteiger partial charge >= 0.3 is 0 Å². The van der Waals surface area contributed by atoms with Crippen molar-refractivity contribution in [3.63, 3.8) is 0 Å². The molecule has 0 spiro atoms. The Balaban J connectivity index is 2.18. The van der Waals surface area contributed by atoms with E-state index in [1.54, 1.807) is 49.4 Å². The van der Waals surface area contributed by atoms with Gasteiger partial charge in [0.2, 0.25) is 5.91 Å². The maximum atomic E-state index is 14.1. The van der Waals surface area contributed by atoms with Crippen molar-refractivity contribution in [3.8, 4) is 5.75 Å². The lowest BCUT2D eigenvalue weighted by Gasteiger charge is -2.31. The molecule has 0 aliphatic heterocycles. The molecule has 2 rings (SSSR count). The summed E-state index contributed by atoms with van der Waals surface area (Å²) < 4.78 is 19.7. The van der Waals surface area contributed by atoms with Crippen LogP contribution in [-0.2, 0) is 16.1 Å².